The van der Waals surface area contributed by atoms with Gasteiger partial charge in [-0.05, 0) is 0 Å². The molecule has 0 saturated carbocycles. The van der Waals surface area contributed by atoms with E-state index >= 15 is 0 Å². The summed E-state index contributed by atoms with van der Waals surface area (Å²) in [5, 5.41) is 5.42. The van der Waals surface area contributed by atoms with Gasteiger partial charge in [0.25, 0.3) is 0 Å². The van der Waals surface area contributed by atoms with Crippen LogP contribution in [0.3, 0.4) is 0 Å². The summed E-state index contributed by atoms with van der Waals surface area (Å²) in [6, 6.07) is 0. The number of carbonyl (C=O) groups is 2. The van der Waals surface area contributed by atoms with Gasteiger partial charge < -0.3 is 0 Å². The van der Waals surface area contributed by atoms with Crippen molar-refractivity contribution in [2.75, 3.05) is 24.6 Å². The van der Waals surface area contributed by atoms with Crippen LogP contribution in [0.15, 0.2) is 0 Å². The molecule has 0 rings (SSSR count). The number of carbonyl (C=O) groups excluding carboxylic acids is 2. The molecule has 0 aromatic rings. The van der Waals surface area contributed by atoms with Crippen molar-refractivity contribution >= 4 is 9.70 Å². The van der Waals surface area contributed by atoms with Crippen LogP contribution in [0.4, 0.5) is 0 Å². The molecule has 1 amide bonds. The molecule has 72 valence electrons. The molecule has 0 spiro atoms. The molecule has 0 radical (unpaired) electrons. The Morgan fingerprint density at radius 1 is 1.33 bits per heavy atom. The van der Waals surface area contributed by atoms with Gasteiger partial charge in [0.2, 0.25) is 0 Å². The van der Waals surface area contributed by atoms with Crippen molar-refractivity contribution in [3.63, 3.8) is 0 Å². The van der Waals surface area contributed by atoms with E-state index in [0.29, 0.717) is 13.1 Å². The van der Waals surface area contributed by atoms with E-state index in [1.165, 1.54) is 0 Å². The minimum atomic E-state index is -0.569. The fourth-order valence-electron chi connectivity index (χ4n) is 0.553. The summed E-state index contributed by atoms with van der Waals surface area (Å²) in [5.74, 6) is -0.417. The molecule has 0 aliphatic carbocycles. The normalized spacial score (nSPS) is 9.83. The van der Waals surface area contributed by atoms with Crippen LogP contribution in [0.2, 0.25) is 0 Å². The van der Waals surface area contributed by atoms with Crippen molar-refractivity contribution < 1.29 is 30.8 Å². The number of rotatable bonds is 6. The zero-order valence-corrected chi connectivity index (χ0v) is 9.47. The van der Waals surface area contributed by atoms with Crippen LogP contribution < -0.4 is 31.8 Å². The van der Waals surface area contributed by atoms with E-state index in [-0.39, 0.29) is 3.79 Å². The SMILES string of the molecule is CC[I-]C(=O)C(=O)NCCNC. The summed E-state index contributed by atoms with van der Waals surface area (Å²) in [7, 11) is 1.80. The number of likely N-dealkylation sites (N-methyl/N-ethyl adjacent to an activating group) is 1. The number of nitrogens with one attached hydrogen (secondary N) is 2. The summed E-state index contributed by atoms with van der Waals surface area (Å²) in [5.41, 5.74) is 0. The van der Waals surface area contributed by atoms with Crippen molar-refractivity contribution in [1.82, 2.24) is 10.6 Å². The summed E-state index contributed by atoms with van der Waals surface area (Å²) in [6.07, 6.45) is 0. The quantitative estimate of drug-likeness (QED) is 0.172. The zero-order chi connectivity index (χ0) is 9.40. The summed E-state index contributed by atoms with van der Waals surface area (Å²) >= 11 is -0.569. The predicted octanol–water partition coefficient (Wildman–Crippen LogP) is -4.04. The Labute approximate surface area is 82.7 Å². The van der Waals surface area contributed by atoms with Crippen molar-refractivity contribution in [3.05, 3.63) is 0 Å². The molecule has 0 unspecified atom stereocenters. The van der Waals surface area contributed by atoms with Gasteiger partial charge in [-0.25, -0.2) is 0 Å². The second-order valence-electron chi connectivity index (χ2n) is 2.03. The van der Waals surface area contributed by atoms with Gasteiger partial charge in [-0.2, -0.15) is 0 Å². The van der Waals surface area contributed by atoms with Gasteiger partial charge in [-0.3, -0.25) is 0 Å². The first kappa shape index (κ1) is 11.8. The number of alkyl halides is 1. The number of hydrogen-bond acceptors (Lipinski definition) is 3. The van der Waals surface area contributed by atoms with E-state index in [0.717, 1.165) is 4.43 Å². The van der Waals surface area contributed by atoms with Crippen molar-refractivity contribution in [2.45, 2.75) is 6.92 Å². The molecule has 0 bridgehead atoms. The van der Waals surface area contributed by atoms with E-state index in [9.17, 15) is 9.59 Å². The fraction of sp³-hybridized carbons (Fsp3) is 0.714. The molecule has 12 heavy (non-hydrogen) atoms. The summed E-state index contributed by atoms with van der Waals surface area (Å²) in [6.45, 7) is 3.14. The van der Waals surface area contributed by atoms with Crippen LogP contribution in [-0.2, 0) is 9.59 Å². The third-order valence-electron chi connectivity index (χ3n) is 1.09. The van der Waals surface area contributed by atoms with E-state index < -0.39 is 27.1 Å². The molecule has 0 aromatic heterocycles. The second-order valence-corrected chi connectivity index (χ2v) is 5.30. The molecular weight excluding hydrogens is 271 g/mol. The Balaban J connectivity index is 3.50. The Hall–Kier alpha value is -0.170. The van der Waals surface area contributed by atoms with Gasteiger partial charge in [-0.1, -0.05) is 0 Å². The zero-order valence-electron chi connectivity index (χ0n) is 7.32. The van der Waals surface area contributed by atoms with Crippen LogP contribution in [-0.4, -0.2) is 34.3 Å². The maximum atomic E-state index is 11.0. The summed E-state index contributed by atoms with van der Waals surface area (Å²) < 4.78 is 0.615. The molecule has 0 atom stereocenters. The Kier molecular flexibility index (Phi) is 7.37. The van der Waals surface area contributed by atoms with Gasteiger partial charge in [0.1, 0.15) is 0 Å². The van der Waals surface area contributed by atoms with E-state index in [1.807, 2.05) is 6.92 Å². The summed E-state index contributed by atoms with van der Waals surface area (Å²) in [4.78, 5) is 21.9. The van der Waals surface area contributed by atoms with Gasteiger partial charge in [0.05, 0.1) is 0 Å². The van der Waals surface area contributed by atoms with Gasteiger partial charge in [0, 0.05) is 0 Å². The first-order chi connectivity index (χ1) is 5.72. The minimum absolute atomic E-state index is 0.215. The number of amides is 1. The fourth-order valence-corrected chi connectivity index (χ4v) is 1.78. The first-order valence-electron chi connectivity index (χ1n) is 3.78. The van der Waals surface area contributed by atoms with Gasteiger partial charge in [0.15, 0.2) is 0 Å². The maximum absolute atomic E-state index is 11.0. The second kappa shape index (κ2) is 7.48. The Morgan fingerprint density at radius 2 is 2.00 bits per heavy atom. The van der Waals surface area contributed by atoms with Gasteiger partial charge >= 0.3 is 82.6 Å². The van der Waals surface area contributed by atoms with Crippen molar-refractivity contribution in [2.24, 2.45) is 0 Å². The van der Waals surface area contributed by atoms with Gasteiger partial charge in [-0.15, -0.1) is 0 Å². The first-order valence-corrected chi connectivity index (χ1v) is 6.38. The average Bonchev–Trinajstić information content (AvgIpc) is 2.05. The third-order valence-corrected chi connectivity index (χ3v) is 3.04. The third kappa shape index (κ3) is 5.48. The molecule has 0 saturated heterocycles. The monoisotopic (exact) mass is 285 g/mol. The van der Waals surface area contributed by atoms with Crippen LogP contribution in [0.1, 0.15) is 6.92 Å². The van der Waals surface area contributed by atoms with Crippen LogP contribution in [0.5, 0.6) is 0 Å². The number of halogens is 1. The van der Waals surface area contributed by atoms with E-state index in [1.54, 1.807) is 7.05 Å². The Morgan fingerprint density at radius 3 is 2.50 bits per heavy atom. The molecule has 0 heterocycles. The van der Waals surface area contributed by atoms with Crippen LogP contribution in [0.25, 0.3) is 0 Å². The molecule has 0 fully saturated rings. The standard InChI is InChI=1S/C7H14IN2O2/c1-3-8-6(11)7(12)10-5-4-9-2/h9H,3-5H2,1-2H3,(H,10,12)/q-1. The van der Waals surface area contributed by atoms with E-state index in [2.05, 4.69) is 10.6 Å². The molecule has 0 aliphatic rings. The molecule has 0 aliphatic heterocycles. The average molecular weight is 285 g/mol. The van der Waals surface area contributed by atoms with E-state index in [4.69, 9.17) is 0 Å². The Bertz CT molecular complexity index is 161. The van der Waals surface area contributed by atoms with Crippen LogP contribution >= 0.6 is 0 Å². The molecule has 0 aromatic carbocycles. The molecule has 5 heteroatoms. The molecule has 4 nitrogen and oxygen atoms in total. The van der Waals surface area contributed by atoms with Crippen molar-refractivity contribution in [3.8, 4) is 0 Å². The predicted molar refractivity (Wildman–Crippen MR) is 42.5 cm³/mol. The topological polar surface area (TPSA) is 58.2 Å². The molecule has 2 N–H and O–H groups in total. The van der Waals surface area contributed by atoms with Crippen molar-refractivity contribution in [1.29, 1.82) is 0 Å². The molecular formula is C7H14IN2O2-. The van der Waals surface area contributed by atoms with Crippen LogP contribution in [0, 0.1) is 0 Å². The number of hydrogen-bond donors (Lipinski definition) is 2.